The van der Waals surface area contributed by atoms with Crippen molar-refractivity contribution in [3.05, 3.63) is 0 Å². The summed E-state index contributed by atoms with van der Waals surface area (Å²) in [6, 6.07) is 0. The Morgan fingerprint density at radius 3 is 2.21 bits per heavy atom. The van der Waals surface area contributed by atoms with Crippen LogP contribution in [0.25, 0.3) is 0 Å². The predicted molar refractivity (Wildman–Crippen MR) is 53.2 cm³/mol. The summed E-state index contributed by atoms with van der Waals surface area (Å²) in [5.41, 5.74) is -0.558. The van der Waals surface area contributed by atoms with Gasteiger partial charge in [0.2, 0.25) is 5.91 Å². The fourth-order valence-electron chi connectivity index (χ4n) is 0.995. The van der Waals surface area contributed by atoms with E-state index in [1.807, 2.05) is 0 Å². The molecule has 0 aromatic carbocycles. The van der Waals surface area contributed by atoms with E-state index in [9.17, 15) is 9.59 Å². The molecule has 0 rings (SSSR count). The summed E-state index contributed by atoms with van der Waals surface area (Å²) in [7, 11) is 3.36. The zero-order chi connectivity index (χ0) is 11.4. The first-order valence-electron chi connectivity index (χ1n) is 4.46. The summed E-state index contributed by atoms with van der Waals surface area (Å²) in [6.07, 6.45) is -0.219. The van der Waals surface area contributed by atoms with E-state index >= 15 is 0 Å². The highest BCUT2D eigenvalue weighted by atomic mass is 16.4. The molecule has 0 aliphatic carbocycles. The second-order valence-electron chi connectivity index (χ2n) is 4.10. The molecule has 0 aromatic rings. The largest absolute Gasteiger partial charge is 0.465 e. The molecule has 82 valence electrons. The van der Waals surface area contributed by atoms with Crippen LogP contribution in [0, 0.1) is 0 Å². The van der Waals surface area contributed by atoms with E-state index in [1.165, 1.54) is 4.90 Å². The molecule has 0 spiro atoms. The van der Waals surface area contributed by atoms with Crippen LogP contribution in [0.2, 0.25) is 0 Å². The number of hydrogen-bond acceptors (Lipinski definition) is 2. The minimum atomic E-state index is -1.06. The van der Waals surface area contributed by atoms with E-state index in [0.717, 1.165) is 0 Å². The number of rotatable bonds is 4. The predicted octanol–water partition coefficient (Wildman–Crippen LogP) is 0.901. The Morgan fingerprint density at radius 1 is 1.36 bits per heavy atom. The van der Waals surface area contributed by atoms with Crippen molar-refractivity contribution in [2.75, 3.05) is 14.1 Å². The second kappa shape index (κ2) is 4.83. The van der Waals surface area contributed by atoms with E-state index in [4.69, 9.17) is 5.11 Å². The molecule has 2 N–H and O–H groups in total. The molecule has 5 nitrogen and oxygen atoms in total. The molecule has 0 bridgehead atoms. The van der Waals surface area contributed by atoms with Gasteiger partial charge in [-0.25, -0.2) is 4.79 Å². The van der Waals surface area contributed by atoms with Gasteiger partial charge in [-0.15, -0.1) is 0 Å². The number of hydrogen-bond donors (Lipinski definition) is 2. The lowest BCUT2D eigenvalue weighted by Gasteiger charge is -2.24. The fraction of sp³-hybridized carbons (Fsp3) is 0.778. The first-order valence-corrected chi connectivity index (χ1v) is 4.46. The van der Waals surface area contributed by atoms with Gasteiger partial charge in [0.05, 0.1) is 0 Å². The van der Waals surface area contributed by atoms with E-state index in [-0.39, 0.29) is 5.91 Å². The lowest BCUT2D eigenvalue weighted by atomic mass is 9.98. The lowest BCUT2D eigenvalue weighted by Crippen LogP contribution is -2.43. The maximum atomic E-state index is 11.2. The summed E-state index contributed by atoms with van der Waals surface area (Å²) in [4.78, 5) is 23.1. The van der Waals surface area contributed by atoms with Crippen molar-refractivity contribution in [2.24, 2.45) is 0 Å². The van der Waals surface area contributed by atoms with Crippen LogP contribution in [0.15, 0.2) is 0 Å². The van der Waals surface area contributed by atoms with Crippen LogP contribution >= 0.6 is 0 Å². The molecule has 2 amide bonds. The Bertz CT molecular complexity index is 224. The summed E-state index contributed by atoms with van der Waals surface area (Å²) in [5, 5.41) is 10.9. The molecule has 0 aliphatic heterocycles. The van der Waals surface area contributed by atoms with Crippen LogP contribution in [0.3, 0.4) is 0 Å². The molecule has 5 heteroatoms. The quantitative estimate of drug-likeness (QED) is 0.711. The maximum absolute atomic E-state index is 11.2. The number of carbonyl (C=O) groups is 2. The average molecular weight is 202 g/mol. The number of carboxylic acid groups (broad SMARTS) is 1. The Labute approximate surface area is 84.1 Å². The molecular weight excluding hydrogens is 184 g/mol. The van der Waals surface area contributed by atoms with Crippen molar-refractivity contribution < 1.29 is 14.7 Å². The van der Waals surface area contributed by atoms with Gasteiger partial charge in [-0.05, 0) is 20.3 Å². The minimum absolute atomic E-state index is 0.00487. The van der Waals surface area contributed by atoms with Crippen molar-refractivity contribution in [1.82, 2.24) is 10.2 Å². The average Bonchev–Trinajstić information content (AvgIpc) is 1.97. The van der Waals surface area contributed by atoms with Gasteiger partial charge in [0.15, 0.2) is 0 Å². The zero-order valence-electron chi connectivity index (χ0n) is 9.13. The molecule has 0 saturated heterocycles. The van der Waals surface area contributed by atoms with E-state index in [0.29, 0.717) is 12.8 Å². The van der Waals surface area contributed by atoms with Gasteiger partial charge in [0.1, 0.15) is 0 Å². The summed E-state index contributed by atoms with van der Waals surface area (Å²) in [5.74, 6) is 0.00487. The smallest absolute Gasteiger partial charge is 0.405 e. The van der Waals surface area contributed by atoms with Gasteiger partial charge in [0, 0.05) is 26.1 Å². The highest BCUT2D eigenvalue weighted by Gasteiger charge is 2.21. The Kier molecular flexibility index (Phi) is 4.40. The van der Waals surface area contributed by atoms with Gasteiger partial charge in [0.25, 0.3) is 0 Å². The van der Waals surface area contributed by atoms with Crippen molar-refractivity contribution >= 4 is 12.0 Å². The van der Waals surface area contributed by atoms with Crippen LogP contribution in [-0.2, 0) is 4.79 Å². The Morgan fingerprint density at radius 2 is 1.86 bits per heavy atom. The van der Waals surface area contributed by atoms with E-state index < -0.39 is 11.6 Å². The molecule has 0 aliphatic rings. The highest BCUT2D eigenvalue weighted by Crippen LogP contribution is 2.11. The van der Waals surface area contributed by atoms with Gasteiger partial charge >= 0.3 is 6.09 Å². The molecule has 0 unspecified atom stereocenters. The lowest BCUT2D eigenvalue weighted by molar-refractivity contribution is -0.129. The van der Waals surface area contributed by atoms with Gasteiger partial charge < -0.3 is 15.3 Å². The first-order chi connectivity index (χ1) is 6.24. The molecule has 0 radical (unpaired) electrons. The first kappa shape index (κ1) is 12.7. The van der Waals surface area contributed by atoms with Crippen LogP contribution in [0.5, 0.6) is 0 Å². The molecule has 14 heavy (non-hydrogen) atoms. The van der Waals surface area contributed by atoms with Crippen LogP contribution in [0.1, 0.15) is 26.7 Å². The van der Waals surface area contributed by atoms with Gasteiger partial charge in [-0.2, -0.15) is 0 Å². The molecule has 0 atom stereocenters. The van der Waals surface area contributed by atoms with Crippen molar-refractivity contribution in [3.8, 4) is 0 Å². The molecule has 0 saturated carbocycles. The van der Waals surface area contributed by atoms with Crippen molar-refractivity contribution in [2.45, 2.75) is 32.2 Å². The summed E-state index contributed by atoms with van der Waals surface area (Å²) in [6.45, 7) is 3.51. The van der Waals surface area contributed by atoms with Gasteiger partial charge in [-0.3, -0.25) is 4.79 Å². The number of amides is 2. The van der Waals surface area contributed by atoms with E-state index in [2.05, 4.69) is 5.32 Å². The monoisotopic (exact) mass is 202 g/mol. The van der Waals surface area contributed by atoms with E-state index in [1.54, 1.807) is 27.9 Å². The summed E-state index contributed by atoms with van der Waals surface area (Å²) >= 11 is 0. The fourth-order valence-corrected chi connectivity index (χ4v) is 0.995. The Balaban J connectivity index is 3.98. The van der Waals surface area contributed by atoms with Gasteiger partial charge in [-0.1, -0.05) is 0 Å². The normalized spacial score (nSPS) is 10.9. The third-order valence-corrected chi connectivity index (χ3v) is 1.91. The third kappa shape index (κ3) is 5.40. The Hall–Kier alpha value is -1.26. The molecule has 0 aromatic heterocycles. The standard InChI is InChI=1S/C9H18N2O3/c1-9(2,10-8(13)14)6-5-7(12)11(3)4/h10H,5-6H2,1-4H3,(H,13,14). The van der Waals surface area contributed by atoms with Crippen LogP contribution < -0.4 is 5.32 Å². The van der Waals surface area contributed by atoms with Crippen LogP contribution in [-0.4, -0.2) is 41.6 Å². The second-order valence-corrected chi connectivity index (χ2v) is 4.10. The topological polar surface area (TPSA) is 69.6 Å². The van der Waals surface area contributed by atoms with Crippen molar-refractivity contribution in [1.29, 1.82) is 0 Å². The molecular formula is C9H18N2O3. The van der Waals surface area contributed by atoms with Crippen molar-refractivity contribution in [3.63, 3.8) is 0 Å². The summed E-state index contributed by atoms with van der Waals surface area (Å²) < 4.78 is 0. The number of nitrogens with zero attached hydrogens (tertiary/aromatic N) is 1. The third-order valence-electron chi connectivity index (χ3n) is 1.91. The maximum Gasteiger partial charge on any atom is 0.405 e. The zero-order valence-corrected chi connectivity index (χ0v) is 9.13. The minimum Gasteiger partial charge on any atom is -0.465 e. The SMILES string of the molecule is CN(C)C(=O)CCC(C)(C)NC(=O)O. The number of nitrogens with one attached hydrogen (secondary N) is 1. The number of carbonyl (C=O) groups excluding carboxylic acids is 1. The molecule has 0 fully saturated rings. The highest BCUT2D eigenvalue weighted by molar-refractivity contribution is 5.75. The van der Waals surface area contributed by atoms with Crippen LogP contribution in [0.4, 0.5) is 4.79 Å². The molecule has 0 heterocycles.